The number of nitrogens with one attached hydrogen (secondary N) is 1. The van der Waals surface area contributed by atoms with E-state index >= 15 is 0 Å². The van der Waals surface area contributed by atoms with Crippen molar-refractivity contribution in [2.24, 2.45) is 5.84 Å². The molecule has 0 saturated carbocycles. The van der Waals surface area contributed by atoms with Crippen molar-refractivity contribution < 1.29 is 4.74 Å². The summed E-state index contributed by atoms with van der Waals surface area (Å²) in [6.45, 7) is 5.83. The Morgan fingerprint density at radius 3 is 3.16 bits per heavy atom. The summed E-state index contributed by atoms with van der Waals surface area (Å²) in [5.74, 6) is 5.69. The number of anilines is 1. The molecule has 2 atom stereocenters. The maximum atomic E-state index is 5.99. The fourth-order valence-electron chi connectivity index (χ4n) is 2.53. The van der Waals surface area contributed by atoms with Gasteiger partial charge in [0.25, 0.3) is 0 Å². The Balaban J connectivity index is 2.11. The Kier molecular flexibility index (Phi) is 5.09. The maximum absolute atomic E-state index is 5.99. The van der Waals surface area contributed by atoms with E-state index in [1.807, 2.05) is 0 Å². The number of nitrogens with zero attached hydrogens (tertiary/aromatic N) is 2. The Hall–Kier alpha value is -1.21. The van der Waals surface area contributed by atoms with Crippen molar-refractivity contribution in [3.05, 3.63) is 24.0 Å². The van der Waals surface area contributed by atoms with Crippen LogP contribution in [0.4, 0.5) is 5.69 Å². The molecule has 0 aliphatic carbocycles. The van der Waals surface area contributed by atoms with Crippen molar-refractivity contribution in [2.75, 3.05) is 32.0 Å². The summed E-state index contributed by atoms with van der Waals surface area (Å²) >= 11 is 0. The van der Waals surface area contributed by atoms with Crippen LogP contribution in [0.3, 0.4) is 0 Å². The number of pyridine rings is 1. The molecular weight excluding hydrogens is 242 g/mol. The monoisotopic (exact) mass is 265 g/mol. The third-order valence-electron chi connectivity index (χ3n) is 3.49. The minimum absolute atomic E-state index is 0.00296. The molecule has 19 heavy (non-hydrogen) atoms. The number of nitrogens with two attached hydrogens (primary N) is 2. The minimum atomic E-state index is -0.131. The second kappa shape index (κ2) is 6.81. The lowest BCUT2D eigenvalue weighted by Crippen LogP contribution is -2.49. The third kappa shape index (κ3) is 3.42. The average Bonchev–Trinajstić information content (AvgIpc) is 2.43. The second-order valence-corrected chi connectivity index (χ2v) is 4.86. The van der Waals surface area contributed by atoms with Crippen LogP contribution in [-0.4, -0.2) is 42.2 Å². The van der Waals surface area contributed by atoms with Crippen LogP contribution in [0.25, 0.3) is 0 Å². The normalized spacial score (nSPS) is 22.3. The van der Waals surface area contributed by atoms with E-state index in [-0.39, 0.29) is 12.1 Å². The van der Waals surface area contributed by atoms with Crippen LogP contribution in [0.2, 0.25) is 0 Å². The molecule has 0 radical (unpaired) electrons. The van der Waals surface area contributed by atoms with Crippen LogP contribution >= 0.6 is 0 Å². The van der Waals surface area contributed by atoms with Gasteiger partial charge in [-0.1, -0.05) is 6.92 Å². The van der Waals surface area contributed by atoms with E-state index in [0.717, 1.165) is 38.2 Å². The first kappa shape index (κ1) is 14.2. The highest BCUT2D eigenvalue weighted by Crippen LogP contribution is 2.25. The standard InChI is InChI=1S/C13H23N5O/c1-2-5-18-6-7-19-12(9-18)13(17-15)10-8-16-4-3-11(10)14/h3-4,8,12-13,17H,2,5-7,9,15H2,1H3,(H2,14,16). The number of hydrogen-bond donors (Lipinski definition) is 3. The molecule has 2 unspecified atom stereocenters. The first-order valence-electron chi connectivity index (χ1n) is 6.75. The predicted octanol–water partition coefficient (Wildman–Crippen LogP) is 0.279. The van der Waals surface area contributed by atoms with E-state index in [4.69, 9.17) is 16.3 Å². The molecule has 0 bridgehead atoms. The topological polar surface area (TPSA) is 89.4 Å². The molecule has 1 aliphatic heterocycles. The van der Waals surface area contributed by atoms with Gasteiger partial charge in [0.05, 0.1) is 18.8 Å². The number of hydrazine groups is 1. The average molecular weight is 265 g/mol. The number of rotatable bonds is 5. The van der Waals surface area contributed by atoms with E-state index in [0.29, 0.717) is 5.69 Å². The highest BCUT2D eigenvalue weighted by Gasteiger charge is 2.29. The van der Waals surface area contributed by atoms with Crippen molar-refractivity contribution in [1.82, 2.24) is 15.3 Å². The third-order valence-corrected chi connectivity index (χ3v) is 3.49. The maximum Gasteiger partial charge on any atom is 0.0911 e. The highest BCUT2D eigenvalue weighted by atomic mass is 16.5. The van der Waals surface area contributed by atoms with E-state index in [2.05, 4.69) is 22.2 Å². The molecule has 2 heterocycles. The fourth-order valence-corrected chi connectivity index (χ4v) is 2.53. The Morgan fingerprint density at radius 1 is 1.63 bits per heavy atom. The number of nitrogen functional groups attached to an aromatic ring is 1. The molecule has 0 amide bonds. The van der Waals surface area contributed by atoms with E-state index in [9.17, 15) is 0 Å². The van der Waals surface area contributed by atoms with Crippen LogP contribution < -0.4 is 17.0 Å². The van der Waals surface area contributed by atoms with E-state index < -0.39 is 0 Å². The highest BCUT2D eigenvalue weighted by molar-refractivity contribution is 5.46. The second-order valence-electron chi connectivity index (χ2n) is 4.86. The van der Waals surface area contributed by atoms with Gasteiger partial charge in [-0.3, -0.25) is 21.2 Å². The first-order valence-corrected chi connectivity index (χ1v) is 6.75. The molecule has 6 nitrogen and oxygen atoms in total. The van der Waals surface area contributed by atoms with Gasteiger partial charge in [0, 0.05) is 36.7 Å². The largest absolute Gasteiger partial charge is 0.398 e. The summed E-state index contributed by atoms with van der Waals surface area (Å²) < 4.78 is 5.85. The molecule has 0 spiro atoms. The van der Waals surface area contributed by atoms with Crippen LogP contribution in [0, 0.1) is 0 Å². The predicted molar refractivity (Wildman–Crippen MR) is 75.2 cm³/mol. The zero-order valence-electron chi connectivity index (χ0n) is 11.4. The quantitative estimate of drug-likeness (QED) is 0.523. The van der Waals surface area contributed by atoms with Gasteiger partial charge >= 0.3 is 0 Å². The van der Waals surface area contributed by atoms with Crippen LogP contribution in [-0.2, 0) is 4.74 Å². The minimum Gasteiger partial charge on any atom is -0.398 e. The molecule has 2 rings (SSSR count). The van der Waals surface area contributed by atoms with Crippen molar-refractivity contribution in [1.29, 1.82) is 0 Å². The molecule has 1 fully saturated rings. The smallest absolute Gasteiger partial charge is 0.0911 e. The van der Waals surface area contributed by atoms with Gasteiger partial charge < -0.3 is 10.5 Å². The summed E-state index contributed by atoms with van der Waals surface area (Å²) in [5.41, 5.74) is 10.4. The van der Waals surface area contributed by atoms with Crippen molar-refractivity contribution in [2.45, 2.75) is 25.5 Å². The number of hydrogen-bond acceptors (Lipinski definition) is 6. The Morgan fingerprint density at radius 2 is 2.47 bits per heavy atom. The summed E-state index contributed by atoms with van der Waals surface area (Å²) in [7, 11) is 0. The molecule has 1 aliphatic rings. The summed E-state index contributed by atoms with van der Waals surface area (Å²) in [4.78, 5) is 6.51. The number of morpholine rings is 1. The summed E-state index contributed by atoms with van der Waals surface area (Å²) in [6.07, 6.45) is 4.57. The molecule has 1 aromatic heterocycles. The summed E-state index contributed by atoms with van der Waals surface area (Å²) in [5, 5.41) is 0. The van der Waals surface area contributed by atoms with Gasteiger partial charge in [-0.15, -0.1) is 0 Å². The molecule has 0 aromatic carbocycles. The van der Waals surface area contributed by atoms with Gasteiger partial charge in [0.1, 0.15) is 0 Å². The van der Waals surface area contributed by atoms with Gasteiger partial charge in [-0.2, -0.15) is 0 Å². The molecule has 106 valence electrons. The van der Waals surface area contributed by atoms with E-state index in [1.54, 1.807) is 18.5 Å². The number of aromatic nitrogens is 1. The van der Waals surface area contributed by atoms with Gasteiger partial charge in [0.2, 0.25) is 0 Å². The molecule has 1 saturated heterocycles. The SMILES string of the molecule is CCCN1CCOC(C(NN)c2cnccc2N)C1. The zero-order chi connectivity index (χ0) is 13.7. The van der Waals surface area contributed by atoms with Crippen molar-refractivity contribution in [3.8, 4) is 0 Å². The lowest BCUT2D eigenvalue weighted by Gasteiger charge is -2.37. The van der Waals surface area contributed by atoms with Gasteiger partial charge in [-0.05, 0) is 19.0 Å². The lowest BCUT2D eigenvalue weighted by atomic mass is 10.0. The molecular formula is C13H23N5O. The first-order chi connectivity index (χ1) is 9.26. The number of ether oxygens (including phenoxy) is 1. The zero-order valence-corrected chi connectivity index (χ0v) is 11.4. The fraction of sp³-hybridized carbons (Fsp3) is 0.615. The Labute approximate surface area is 114 Å². The van der Waals surface area contributed by atoms with Crippen molar-refractivity contribution in [3.63, 3.8) is 0 Å². The van der Waals surface area contributed by atoms with Gasteiger partial charge in [0.15, 0.2) is 0 Å². The summed E-state index contributed by atoms with van der Waals surface area (Å²) in [6, 6.07) is 1.65. The van der Waals surface area contributed by atoms with Crippen LogP contribution in [0.1, 0.15) is 24.9 Å². The van der Waals surface area contributed by atoms with E-state index in [1.165, 1.54) is 0 Å². The molecule has 5 N–H and O–H groups in total. The van der Waals surface area contributed by atoms with Crippen LogP contribution in [0.15, 0.2) is 18.5 Å². The van der Waals surface area contributed by atoms with Gasteiger partial charge in [-0.25, -0.2) is 0 Å². The van der Waals surface area contributed by atoms with Crippen molar-refractivity contribution >= 4 is 5.69 Å². The Bertz CT molecular complexity index is 398. The molecule has 6 heteroatoms. The van der Waals surface area contributed by atoms with Crippen LogP contribution in [0.5, 0.6) is 0 Å². The molecule has 1 aromatic rings. The lowest BCUT2D eigenvalue weighted by molar-refractivity contribution is -0.0470.